The molecular weight excluding hydrogens is 200 g/mol. The highest BCUT2D eigenvalue weighted by Gasteiger charge is 2.11. The lowest BCUT2D eigenvalue weighted by atomic mass is 10.2. The van der Waals surface area contributed by atoms with Gasteiger partial charge in [0.05, 0.1) is 16.8 Å². The molecule has 1 aromatic rings. The Labute approximate surface area is 88.2 Å². The SMILES string of the molecule is CCC(N)C(=O)Nc1ccccc1Cl. The minimum Gasteiger partial charge on any atom is -0.323 e. The highest BCUT2D eigenvalue weighted by Crippen LogP contribution is 2.20. The molecule has 3 nitrogen and oxygen atoms in total. The molecule has 0 radical (unpaired) electrons. The summed E-state index contributed by atoms with van der Waals surface area (Å²) in [5, 5.41) is 3.18. The van der Waals surface area contributed by atoms with E-state index in [1.54, 1.807) is 24.3 Å². The molecule has 0 heterocycles. The number of nitrogens with one attached hydrogen (secondary N) is 1. The maximum absolute atomic E-state index is 11.4. The third kappa shape index (κ3) is 2.72. The van der Waals surface area contributed by atoms with Gasteiger partial charge in [0.15, 0.2) is 0 Å². The Kier molecular flexibility index (Phi) is 3.92. The molecule has 0 aromatic heterocycles. The maximum atomic E-state index is 11.4. The predicted octanol–water partition coefficient (Wildman–Crippen LogP) is 2.02. The summed E-state index contributed by atoms with van der Waals surface area (Å²) in [6.07, 6.45) is 0.607. The third-order valence-corrected chi connectivity index (χ3v) is 2.24. The second-order valence-corrected chi connectivity index (χ2v) is 3.39. The van der Waals surface area contributed by atoms with Crippen molar-refractivity contribution in [1.82, 2.24) is 0 Å². The van der Waals surface area contributed by atoms with Gasteiger partial charge in [0, 0.05) is 0 Å². The minimum atomic E-state index is -0.480. The van der Waals surface area contributed by atoms with E-state index in [-0.39, 0.29) is 5.91 Å². The highest BCUT2D eigenvalue weighted by molar-refractivity contribution is 6.33. The number of anilines is 1. The number of amides is 1. The minimum absolute atomic E-state index is 0.208. The van der Waals surface area contributed by atoms with Crippen molar-refractivity contribution in [3.8, 4) is 0 Å². The Morgan fingerprint density at radius 2 is 2.21 bits per heavy atom. The molecule has 0 aliphatic carbocycles. The lowest BCUT2D eigenvalue weighted by molar-refractivity contribution is -0.117. The zero-order chi connectivity index (χ0) is 10.6. The van der Waals surface area contributed by atoms with Crippen LogP contribution in [0.2, 0.25) is 5.02 Å². The van der Waals surface area contributed by atoms with Crippen LogP contribution >= 0.6 is 11.6 Å². The average molecular weight is 213 g/mol. The van der Waals surface area contributed by atoms with E-state index in [4.69, 9.17) is 17.3 Å². The normalized spacial score (nSPS) is 12.2. The number of hydrogen-bond donors (Lipinski definition) is 2. The zero-order valence-electron chi connectivity index (χ0n) is 7.96. The molecule has 0 spiro atoms. The van der Waals surface area contributed by atoms with Gasteiger partial charge in [0.25, 0.3) is 0 Å². The molecule has 3 N–H and O–H groups in total. The molecule has 1 atom stereocenters. The van der Waals surface area contributed by atoms with E-state index >= 15 is 0 Å². The van der Waals surface area contributed by atoms with Crippen LogP contribution < -0.4 is 11.1 Å². The van der Waals surface area contributed by atoms with Crippen LogP contribution in [0.25, 0.3) is 0 Å². The number of hydrogen-bond acceptors (Lipinski definition) is 2. The summed E-state index contributed by atoms with van der Waals surface area (Å²) in [5.41, 5.74) is 6.16. The van der Waals surface area contributed by atoms with Gasteiger partial charge in [-0.2, -0.15) is 0 Å². The van der Waals surface area contributed by atoms with Crippen LogP contribution in [-0.4, -0.2) is 11.9 Å². The highest BCUT2D eigenvalue weighted by atomic mass is 35.5. The first kappa shape index (κ1) is 11.0. The topological polar surface area (TPSA) is 55.1 Å². The summed E-state index contributed by atoms with van der Waals surface area (Å²) in [6, 6.07) is 6.58. The van der Waals surface area contributed by atoms with Gasteiger partial charge in [-0.1, -0.05) is 30.7 Å². The summed E-state index contributed by atoms with van der Waals surface area (Å²) in [6.45, 7) is 1.86. The van der Waals surface area contributed by atoms with Crippen molar-refractivity contribution in [1.29, 1.82) is 0 Å². The lowest BCUT2D eigenvalue weighted by Gasteiger charge is -2.10. The summed E-state index contributed by atoms with van der Waals surface area (Å²) in [7, 11) is 0. The zero-order valence-corrected chi connectivity index (χ0v) is 8.71. The number of halogens is 1. The van der Waals surface area contributed by atoms with Gasteiger partial charge in [-0.25, -0.2) is 0 Å². The van der Waals surface area contributed by atoms with E-state index in [1.165, 1.54) is 0 Å². The Morgan fingerprint density at radius 3 is 2.79 bits per heavy atom. The van der Waals surface area contributed by atoms with E-state index in [9.17, 15) is 4.79 Å². The molecule has 0 aliphatic rings. The van der Waals surface area contributed by atoms with E-state index in [0.717, 1.165) is 0 Å². The van der Waals surface area contributed by atoms with Gasteiger partial charge < -0.3 is 11.1 Å². The van der Waals surface area contributed by atoms with Crippen LogP contribution in [0, 0.1) is 0 Å². The fraction of sp³-hybridized carbons (Fsp3) is 0.300. The smallest absolute Gasteiger partial charge is 0.241 e. The summed E-state index contributed by atoms with van der Waals surface area (Å²) in [4.78, 5) is 11.4. The van der Waals surface area contributed by atoms with Crippen LogP contribution in [0.3, 0.4) is 0 Å². The molecule has 1 amide bonds. The molecule has 4 heteroatoms. The molecule has 1 rings (SSSR count). The van der Waals surface area contributed by atoms with Crippen molar-refractivity contribution in [2.45, 2.75) is 19.4 Å². The molecule has 0 aliphatic heterocycles. The predicted molar refractivity (Wildman–Crippen MR) is 58.3 cm³/mol. The third-order valence-electron chi connectivity index (χ3n) is 1.91. The second-order valence-electron chi connectivity index (χ2n) is 2.98. The molecule has 14 heavy (non-hydrogen) atoms. The fourth-order valence-electron chi connectivity index (χ4n) is 0.973. The Hall–Kier alpha value is -1.06. The monoisotopic (exact) mass is 212 g/mol. The first-order chi connectivity index (χ1) is 6.65. The molecule has 76 valence electrons. The summed E-state index contributed by atoms with van der Waals surface area (Å²) in [5.74, 6) is -0.208. The standard InChI is InChI=1S/C10H13ClN2O/c1-2-8(12)10(14)13-9-6-4-3-5-7(9)11/h3-6,8H,2,12H2,1H3,(H,13,14). The summed E-state index contributed by atoms with van der Waals surface area (Å²) < 4.78 is 0. The van der Waals surface area contributed by atoms with Gasteiger partial charge in [-0.05, 0) is 18.6 Å². The van der Waals surface area contributed by atoms with Gasteiger partial charge in [-0.3, -0.25) is 4.79 Å². The number of para-hydroxylation sites is 1. The molecule has 0 fully saturated rings. The Morgan fingerprint density at radius 1 is 1.57 bits per heavy atom. The van der Waals surface area contributed by atoms with Crippen molar-refractivity contribution >= 4 is 23.2 Å². The van der Waals surface area contributed by atoms with Gasteiger partial charge in [-0.15, -0.1) is 0 Å². The number of carbonyl (C=O) groups is 1. The average Bonchev–Trinajstić information content (AvgIpc) is 2.20. The van der Waals surface area contributed by atoms with Crippen LogP contribution in [0.4, 0.5) is 5.69 Å². The molecule has 1 aromatic carbocycles. The molecule has 1 unspecified atom stereocenters. The summed E-state index contributed by atoms with van der Waals surface area (Å²) >= 11 is 5.86. The van der Waals surface area contributed by atoms with Gasteiger partial charge in [0.2, 0.25) is 5.91 Å². The Bertz CT molecular complexity index is 328. The quantitative estimate of drug-likeness (QED) is 0.806. The number of nitrogens with two attached hydrogens (primary N) is 1. The van der Waals surface area contributed by atoms with Crippen LogP contribution in [-0.2, 0) is 4.79 Å². The van der Waals surface area contributed by atoms with Crippen molar-refractivity contribution in [2.24, 2.45) is 5.73 Å². The fourth-order valence-corrected chi connectivity index (χ4v) is 1.16. The van der Waals surface area contributed by atoms with Crippen LogP contribution in [0.1, 0.15) is 13.3 Å². The first-order valence-corrected chi connectivity index (χ1v) is 4.84. The van der Waals surface area contributed by atoms with Crippen molar-refractivity contribution < 1.29 is 4.79 Å². The van der Waals surface area contributed by atoms with E-state index in [0.29, 0.717) is 17.1 Å². The first-order valence-electron chi connectivity index (χ1n) is 4.46. The van der Waals surface area contributed by atoms with E-state index in [2.05, 4.69) is 5.32 Å². The molecular formula is C10H13ClN2O. The van der Waals surface area contributed by atoms with Gasteiger partial charge in [0.1, 0.15) is 0 Å². The largest absolute Gasteiger partial charge is 0.323 e. The maximum Gasteiger partial charge on any atom is 0.241 e. The Balaban J connectivity index is 2.70. The van der Waals surface area contributed by atoms with Crippen molar-refractivity contribution in [3.05, 3.63) is 29.3 Å². The van der Waals surface area contributed by atoms with E-state index < -0.39 is 6.04 Å². The number of carbonyl (C=O) groups excluding carboxylic acids is 1. The van der Waals surface area contributed by atoms with Crippen LogP contribution in [0.15, 0.2) is 24.3 Å². The number of benzene rings is 1. The second kappa shape index (κ2) is 4.98. The lowest BCUT2D eigenvalue weighted by Crippen LogP contribution is -2.34. The van der Waals surface area contributed by atoms with Crippen LogP contribution in [0.5, 0.6) is 0 Å². The van der Waals surface area contributed by atoms with Crippen molar-refractivity contribution in [2.75, 3.05) is 5.32 Å². The van der Waals surface area contributed by atoms with E-state index in [1.807, 2.05) is 6.92 Å². The number of rotatable bonds is 3. The van der Waals surface area contributed by atoms with Crippen molar-refractivity contribution in [3.63, 3.8) is 0 Å². The molecule has 0 saturated heterocycles. The molecule has 0 saturated carbocycles. The van der Waals surface area contributed by atoms with Gasteiger partial charge >= 0.3 is 0 Å². The molecule has 0 bridgehead atoms.